The minimum atomic E-state index is -0.426. The fraction of sp³-hybridized carbons (Fsp3) is 0.720. The van der Waals surface area contributed by atoms with Crippen molar-refractivity contribution in [1.82, 2.24) is 5.32 Å². The van der Waals surface area contributed by atoms with Gasteiger partial charge in [0, 0.05) is 18.4 Å². The van der Waals surface area contributed by atoms with Gasteiger partial charge in [-0.25, -0.2) is 0 Å². The lowest BCUT2D eigenvalue weighted by Crippen LogP contribution is -2.61. The van der Waals surface area contributed by atoms with E-state index >= 15 is 0 Å². The lowest BCUT2D eigenvalue weighted by molar-refractivity contribution is -0.164. The van der Waals surface area contributed by atoms with E-state index in [1.54, 1.807) is 0 Å². The first-order chi connectivity index (χ1) is 14.0. The van der Waals surface area contributed by atoms with Gasteiger partial charge in [0.1, 0.15) is 5.78 Å². The number of carbonyl (C=O) groups is 1. The van der Waals surface area contributed by atoms with E-state index in [0.29, 0.717) is 31.1 Å². The number of aliphatic hydroxyl groups is 1. The molecule has 1 aromatic carbocycles. The topological polar surface area (TPSA) is 49.3 Å². The predicted octanol–water partition coefficient (Wildman–Crippen LogP) is 4.18. The van der Waals surface area contributed by atoms with Crippen molar-refractivity contribution in [2.24, 2.45) is 22.7 Å². The molecular weight excluding hydrogens is 365 g/mol. The molecule has 1 aliphatic heterocycles. The van der Waals surface area contributed by atoms with Crippen LogP contribution in [0, 0.1) is 22.7 Å². The van der Waals surface area contributed by atoms with Crippen LogP contribution in [-0.4, -0.2) is 36.8 Å². The molecule has 0 spiro atoms. The Labute approximate surface area is 173 Å². The summed E-state index contributed by atoms with van der Waals surface area (Å²) in [5.41, 5.74) is 1.05. The minimum absolute atomic E-state index is 0.0214. The average molecular weight is 400 g/mol. The molecule has 6 atom stereocenters. The van der Waals surface area contributed by atoms with E-state index in [0.717, 1.165) is 51.5 Å². The van der Waals surface area contributed by atoms with Crippen LogP contribution in [0.5, 0.6) is 0 Å². The van der Waals surface area contributed by atoms with Gasteiger partial charge in [0.05, 0.1) is 12.8 Å². The first-order valence-corrected chi connectivity index (χ1v) is 11.5. The van der Waals surface area contributed by atoms with Crippen LogP contribution in [-0.2, 0) is 10.2 Å². The number of halogens is 1. The van der Waals surface area contributed by atoms with E-state index in [2.05, 4.69) is 35.6 Å². The van der Waals surface area contributed by atoms with E-state index in [-0.39, 0.29) is 28.8 Å². The van der Waals surface area contributed by atoms with Crippen molar-refractivity contribution < 1.29 is 14.3 Å². The number of alkyl halides is 1. The number of rotatable bonds is 6. The molecule has 4 saturated carbocycles. The lowest BCUT2D eigenvalue weighted by atomic mass is 9.37. The number of hydrogen-bond acceptors (Lipinski definition) is 3. The third-order valence-electron chi connectivity index (χ3n) is 8.82. The molecule has 3 unspecified atom stereocenters. The van der Waals surface area contributed by atoms with Gasteiger partial charge in [-0.3, -0.25) is 9.18 Å². The van der Waals surface area contributed by atoms with Crippen LogP contribution in [0.1, 0.15) is 63.4 Å². The maximum Gasteiger partial charge on any atom is 0.139 e. The highest BCUT2D eigenvalue weighted by atomic mass is 19.1. The SMILES string of the molecule is O=C(CC1CCNC[C@H]1O)C12CC3C[C@@](CCF)(C1)C[C@](c1ccccc1)(C3)C2. The Kier molecular flexibility index (Phi) is 4.86. The van der Waals surface area contributed by atoms with E-state index in [1.165, 1.54) is 5.56 Å². The zero-order chi connectivity index (χ0) is 20.1. The number of benzene rings is 1. The Morgan fingerprint density at radius 1 is 1.14 bits per heavy atom. The summed E-state index contributed by atoms with van der Waals surface area (Å²) in [5.74, 6) is 0.956. The normalized spacial score (nSPS) is 43.4. The Bertz CT molecular complexity index is 769. The van der Waals surface area contributed by atoms with Gasteiger partial charge < -0.3 is 10.4 Å². The second kappa shape index (κ2) is 7.16. The summed E-state index contributed by atoms with van der Waals surface area (Å²) in [5, 5.41) is 13.6. The average Bonchev–Trinajstić information content (AvgIpc) is 2.69. The van der Waals surface area contributed by atoms with Gasteiger partial charge in [-0.2, -0.15) is 0 Å². The molecular formula is C25H34FNO2. The summed E-state index contributed by atoms with van der Waals surface area (Å²) < 4.78 is 13.7. The number of carbonyl (C=O) groups excluding carboxylic acids is 1. The Balaban J connectivity index is 1.48. The molecule has 5 aliphatic rings. The molecule has 158 valence electrons. The first kappa shape index (κ1) is 19.7. The van der Waals surface area contributed by atoms with Crippen molar-refractivity contribution >= 4 is 5.78 Å². The van der Waals surface area contributed by atoms with Crippen LogP contribution < -0.4 is 5.32 Å². The van der Waals surface area contributed by atoms with Crippen molar-refractivity contribution in [3.63, 3.8) is 0 Å². The number of β-amino-alcohol motifs (C(OH)–C–C–N with tert-alkyl or cyclic N) is 1. The van der Waals surface area contributed by atoms with Gasteiger partial charge in [0.25, 0.3) is 0 Å². The smallest absolute Gasteiger partial charge is 0.139 e. The summed E-state index contributed by atoms with van der Waals surface area (Å²) in [6.07, 6.45) is 7.59. The van der Waals surface area contributed by atoms with Gasteiger partial charge in [0.15, 0.2) is 0 Å². The fourth-order valence-electron chi connectivity index (χ4n) is 8.13. The van der Waals surface area contributed by atoms with Crippen LogP contribution >= 0.6 is 0 Å². The first-order valence-electron chi connectivity index (χ1n) is 11.5. The van der Waals surface area contributed by atoms with Crippen molar-refractivity contribution in [1.29, 1.82) is 0 Å². The second-order valence-electron chi connectivity index (χ2n) is 10.8. The number of piperidine rings is 1. The van der Waals surface area contributed by atoms with Gasteiger partial charge in [-0.05, 0) is 86.1 Å². The third kappa shape index (κ3) is 3.27. The maximum atomic E-state index is 13.8. The number of hydrogen-bond donors (Lipinski definition) is 2. The molecule has 4 bridgehead atoms. The molecule has 0 amide bonds. The molecule has 1 saturated heterocycles. The highest BCUT2D eigenvalue weighted by Crippen LogP contribution is 2.71. The molecule has 3 nitrogen and oxygen atoms in total. The van der Waals surface area contributed by atoms with E-state index < -0.39 is 6.10 Å². The molecule has 0 radical (unpaired) electrons. The van der Waals surface area contributed by atoms with E-state index in [1.807, 2.05) is 0 Å². The van der Waals surface area contributed by atoms with E-state index in [9.17, 15) is 14.3 Å². The highest BCUT2D eigenvalue weighted by molar-refractivity contribution is 5.86. The zero-order valence-corrected chi connectivity index (χ0v) is 17.3. The van der Waals surface area contributed by atoms with Crippen molar-refractivity contribution in [3.05, 3.63) is 35.9 Å². The summed E-state index contributed by atoms with van der Waals surface area (Å²) in [6, 6.07) is 10.7. The van der Waals surface area contributed by atoms with Crippen LogP contribution in [0.4, 0.5) is 4.39 Å². The minimum Gasteiger partial charge on any atom is -0.392 e. The molecule has 5 fully saturated rings. The van der Waals surface area contributed by atoms with Crippen molar-refractivity contribution in [2.45, 2.75) is 69.3 Å². The Hall–Kier alpha value is -1.26. The van der Waals surface area contributed by atoms with Crippen LogP contribution in [0.2, 0.25) is 0 Å². The number of aliphatic hydroxyl groups excluding tert-OH is 1. The standard InChI is InChI=1S/C25H34FNO2/c26-8-7-23-11-18-12-24(15-23,20-4-2-1-3-5-20)17-25(13-18,16-23)22(29)10-19-6-9-27-14-21(19)28/h1-5,18-19,21,27-28H,6-17H2/t18?,19?,21-,23-,24-,25?/m1/s1. The fourth-order valence-corrected chi connectivity index (χ4v) is 8.13. The van der Waals surface area contributed by atoms with E-state index in [4.69, 9.17) is 0 Å². The lowest BCUT2D eigenvalue weighted by Gasteiger charge is -2.66. The third-order valence-corrected chi connectivity index (χ3v) is 8.82. The molecule has 6 rings (SSSR count). The summed E-state index contributed by atoms with van der Waals surface area (Å²) in [4.78, 5) is 13.8. The number of Topliss-reactive ketones (excluding diaryl/α,β-unsaturated/α-hetero) is 1. The molecule has 1 heterocycles. The van der Waals surface area contributed by atoms with Gasteiger partial charge >= 0.3 is 0 Å². The zero-order valence-electron chi connectivity index (χ0n) is 17.3. The van der Waals surface area contributed by atoms with Crippen LogP contribution in [0.15, 0.2) is 30.3 Å². The molecule has 4 aliphatic carbocycles. The van der Waals surface area contributed by atoms with Crippen molar-refractivity contribution in [2.75, 3.05) is 19.8 Å². The molecule has 0 aromatic heterocycles. The molecule has 29 heavy (non-hydrogen) atoms. The maximum absolute atomic E-state index is 13.8. The summed E-state index contributed by atoms with van der Waals surface area (Å²) in [7, 11) is 0. The van der Waals surface area contributed by atoms with Gasteiger partial charge in [-0.15, -0.1) is 0 Å². The Morgan fingerprint density at radius 3 is 2.72 bits per heavy atom. The van der Waals surface area contributed by atoms with Crippen LogP contribution in [0.25, 0.3) is 0 Å². The number of nitrogens with one attached hydrogen (secondary N) is 1. The van der Waals surface area contributed by atoms with Crippen molar-refractivity contribution in [3.8, 4) is 0 Å². The molecule has 1 aromatic rings. The molecule has 4 heteroatoms. The number of ketones is 1. The monoisotopic (exact) mass is 399 g/mol. The van der Waals surface area contributed by atoms with Gasteiger partial charge in [-0.1, -0.05) is 30.3 Å². The quantitative estimate of drug-likeness (QED) is 0.754. The van der Waals surface area contributed by atoms with Crippen LogP contribution in [0.3, 0.4) is 0 Å². The second-order valence-corrected chi connectivity index (χ2v) is 10.8. The highest BCUT2D eigenvalue weighted by Gasteiger charge is 2.65. The predicted molar refractivity (Wildman–Crippen MR) is 111 cm³/mol. The molecule has 2 N–H and O–H groups in total. The van der Waals surface area contributed by atoms with Gasteiger partial charge in [0.2, 0.25) is 0 Å². The Morgan fingerprint density at radius 2 is 1.97 bits per heavy atom. The summed E-state index contributed by atoms with van der Waals surface area (Å²) >= 11 is 0. The summed E-state index contributed by atoms with van der Waals surface area (Å²) in [6.45, 7) is 1.19. The largest absolute Gasteiger partial charge is 0.392 e.